The third-order valence-electron chi connectivity index (χ3n) is 5.85. The van der Waals surface area contributed by atoms with E-state index in [-0.39, 0.29) is 0 Å². The quantitative estimate of drug-likeness (QED) is 0.755. The fourth-order valence-corrected chi connectivity index (χ4v) is 5.39. The molecule has 4 fully saturated rings. The standard InChI is InChI=1S/C14H25N/c1-2-14-7-10-5-11(8-14)13(3-4-15)12(6-10)9-14/h10-13H,2-9,15H2,1H3. The van der Waals surface area contributed by atoms with E-state index in [4.69, 9.17) is 5.73 Å². The molecule has 2 N–H and O–H groups in total. The summed E-state index contributed by atoms with van der Waals surface area (Å²) < 4.78 is 0. The van der Waals surface area contributed by atoms with Gasteiger partial charge in [0.25, 0.3) is 0 Å². The van der Waals surface area contributed by atoms with Crippen LogP contribution in [0.5, 0.6) is 0 Å². The normalized spacial score (nSPS) is 52.4. The lowest BCUT2D eigenvalue weighted by Gasteiger charge is -2.60. The van der Waals surface area contributed by atoms with E-state index >= 15 is 0 Å². The van der Waals surface area contributed by atoms with Crippen LogP contribution in [-0.2, 0) is 0 Å². The maximum Gasteiger partial charge on any atom is -0.00744 e. The van der Waals surface area contributed by atoms with Crippen LogP contribution < -0.4 is 5.73 Å². The zero-order valence-electron chi connectivity index (χ0n) is 10.0. The number of nitrogens with two attached hydrogens (primary N) is 1. The minimum Gasteiger partial charge on any atom is -0.330 e. The van der Waals surface area contributed by atoms with Gasteiger partial charge in [-0.2, -0.15) is 0 Å². The first kappa shape index (κ1) is 10.1. The van der Waals surface area contributed by atoms with Crippen LogP contribution in [0.1, 0.15) is 51.9 Å². The average molecular weight is 207 g/mol. The van der Waals surface area contributed by atoms with Crippen LogP contribution in [0.15, 0.2) is 0 Å². The first-order chi connectivity index (χ1) is 7.26. The van der Waals surface area contributed by atoms with E-state index in [2.05, 4.69) is 6.92 Å². The van der Waals surface area contributed by atoms with Crippen molar-refractivity contribution in [1.82, 2.24) is 0 Å². The van der Waals surface area contributed by atoms with Crippen LogP contribution in [0, 0.1) is 29.1 Å². The van der Waals surface area contributed by atoms with Gasteiger partial charge in [-0.25, -0.2) is 0 Å². The van der Waals surface area contributed by atoms with Crippen molar-refractivity contribution in [2.24, 2.45) is 34.8 Å². The van der Waals surface area contributed by atoms with Gasteiger partial charge < -0.3 is 5.73 Å². The molecule has 4 aliphatic carbocycles. The Balaban J connectivity index is 1.81. The molecule has 4 saturated carbocycles. The van der Waals surface area contributed by atoms with Crippen molar-refractivity contribution in [1.29, 1.82) is 0 Å². The molecule has 15 heavy (non-hydrogen) atoms. The predicted octanol–water partition coefficient (Wildman–Crippen LogP) is 3.19. The minimum atomic E-state index is 0.779. The molecule has 2 unspecified atom stereocenters. The molecule has 0 aliphatic heterocycles. The summed E-state index contributed by atoms with van der Waals surface area (Å²) in [4.78, 5) is 0. The van der Waals surface area contributed by atoms with E-state index in [1.54, 1.807) is 32.1 Å². The zero-order chi connectivity index (χ0) is 10.5. The van der Waals surface area contributed by atoms with Crippen molar-refractivity contribution in [3.63, 3.8) is 0 Å². The molecule has 1 nitrogen and oxygen atoms in total. The Hall–Kier alpha value is -0.0400. The summed E-state index contributed by atoms with van der Waals surface area (Å²) in [7, 11) is 0. The van der Waals surface area contributed by atoms with Crippen LogP contribution in [0.2, 0.25) is 0 Å². The van der Waals surface area contributed by atoms with Gasteiger partial charge in [-0.3, -0.25) is 0 Å². The predicted molar refractivity (Wildman–Crippen MR) is 63.4 cm³/mol. The summed E-state index contributed by atoms with van der Waals surface area (Å²) in [5.41, 5.74) is 6.55. The highest BCUT2D eigenvalue weighted by Crippen LogP contribution is 2.63. The summed E-state index contributed by atoms with van der Waals surface area (Å²) in [6, 6.07) is 0. The van der Waals surface area contributed by atoms with E-state index in [0.717, 1.165) is 35.6 Å². The van der Waals surface area contributed by atoms with Gasteiger partial charge in [-0.05, 0) is 74.2 Å². The lowest BCUT2D eigenvalue weighted by atomic mass is 9.45. The van der Waals surface area contributed by atoms with E-state index in [1.807, 2.05) is 0 Å². The Morgan fingerprint density at radius 1 is 1.13 bits per heavy atom. The maximum absolute atomic E-state index is 5.77. The lowest BCUT2D eigenvalue weighted by Crippen LogP contribution is -2.51. The van der Waals surface area contributed by atoms with Gasteiger partial charge in [-0.15, -0.1) is 0 Å². The van der Waals surface area contributed by atoms with E-state index in [1.165, 1.54) is 12.8 Å². The molecule has 0 amide bonds. The molecule has 1 heteroatoms. The van der Waals surface area contributed by atoms with E-state index in [0.29, 0.717) is 0 Å². The zero-order valence-corrected chi connectivity index (χ0v) is 10.0. The number of rotatable bonds is 3. The van der Waals surface area contributed by atoms with Crippen molar-refractivity contribution >= 4 is 0 Å². The van der Waals surface area contributed by atoms with Gasteiger partial charge in [0.15, 0.2) is 0 Å². The monoisotopic (exact) mass is 207 g/mol. The lowest BCUT2D eigenvalue weighted by molar-refractivity contribution is -0.0980. The third kappa shape index (κ3) is 1.46. The van der Waals surface area contributed by atoms with Crippen molar-refractivity contribution < 1.29 is 0 Å². The van der Waals surface area contributed by atoms with Crippen LogP contribution in [-0.4, -0.2) is 6.54 Å². The molecule has 4 rings (SSSR count). The van der Waals surface area contributed by atoms with Crippen molar-refractivity contribution in [3.8, 4) is 0 Å². The second kappa shape index (κ2) is 3.48. The molecule has 2 atom stereocenters. The molecule has 0 heterocycles. The molecular formula is C14H25N. The highest BCUT2D eigenvalue weighted by Gasteiger charge is 2.53. The highest BCUT2D eigenvalue weighted by molar-refractivity contribution is 5.04. The summed E-state index contributed by atoms with van der Waals surface area (Å²) in [6.07, 6.45) is 10.5. The van der Waals surface area contributed by atoms with Crippen LogP contribution >= 0.6 is 0 Å². The van der Waals surface area contributed by atoms with Crippen LogP contribution in [0.4, 0.5) is 0 Å². The maximum atomic E-state index is 5.77. The molecule has 0 aromatic heterocycles. The molecule has 0 aromatic carbocycles. The van der Waals surface area contributed by atoms with Crippen LogP contribution in [0.3, 0.4) is 0 Å². The molecule has 0 spiro atoms. The molecule has 4 bridgehead atoms. The number of hydrogen-bond acceptors (Lipinski definition) is 1. The van der Waals surface area contributed by atoms with Gasteiger partial charge in [0.2, 0.25) is 0 Å². The highest BCUT2D eigenvalue weighted by atomic mass is 14.6. The second-order valence-electron chi connectivity index (χ2n) is 6.56. The van der Waals surface area contributed by atoms with E-state index < -0.39 is 0 Å². The molecule has 86 valence electrons. The SMILES string of the molecule is CCC12CC3CC(C1)C(CCN)C(C3)C2. The molecule has 0 saturated heterocycles. The Labute approximate surface area is 93.8 Å². The second-order valence-corrected chi connectivity index (χ2v) is 6.56. The molecular weight excluding hydrogens is 182 g/mol. The van der Waals surface area contributed by atoms with Crippen molar-refractivity contribution in [2.75, 3.05) is 6.54 Å². The smallest absolute Gasteiger partial charge is 0.00744 e. The Morgan fingerprint density at radius 3 is 2.33 bits per heavy atom. The molecule has 0 aromatic rings. The Morgan fingerprint density at radius 2 is 1.80 bits per heavy atom. The summed E-state index contributed by atoms with van der Waals surface area (Å²) in [5.74, 6) is 4.21. The fraction of sp³-hybridized carbons (Fsp3) is 1.00. The minimum absolute atomic E-state index is 0.779. The Kier molecular flexibility index (Phi) is 2.35. The summed E-state index contributed by atoms with van der Waals surface area (Å²) in [6.45, 7) is 3.34. The third-order valence-corrected chi connectivity index (χ3v) is 5.85. The van der Waals surface area contributed by atoms with E-state index in [9.17, 15) is 0 Å². The van der Waals surface area contributed by atoms with Crippen LogP contribution in [0.25, 0.3) is 0 Å². The summed E-state index contributed by atoms with van der Waals surface area (Å²) in [5, 5.41) is 0. The van der Waals surface area contributed by atoms with Crippen molar-refractivity contribution in [3.05, 3.63) is 0 Å². The van der Waals surface area contributed by atoms with Crippen molar-refractivity contribution in [2.45, 2.75) is 51.9 Å². The van der Waals surface area contributed by atoms with Gasteiger partial charge >= 0.3 is 0 Å². The first-order valence-corrected chi connectivity index (χ1v) is 6.96. The average Bonchev–Trinajstić information content (AvgIpc) is 2.22. The summed E-state index contributed by atoms with van der Waals surface area (Å²) >= 11 is 0. The topological polar surface area (TPSA) is 26.0 Å². The number of hydrogen-bond donors (Lipinski definition) is 1. The first-order valence-electron chi connectivity index (χ1n) is 6.96. The fourth-order valence-electron chi connectivity index (χ4n) is 5.39. The van der Waals surface area contributed by atoms with Gasteiger partial charge in [0.05, 0.1) is 0 Å². The molecule has 4 aliphatic rings. The van der Waals surface area contributed by atoms with Gasteiger partial charge in [-0.1, -0.05) is 13.3 Å². The van der Waals surface area contributed by atoms with Gasteiger partial charge in [0, 0.05) is 0 Å². The largest absolute Gasteiger partial charge is 0.330 e. The molecule has 0 radical (unpaired) electrons. The Bertz CT molecular complexity index is 232. The van der Waals surface area contributed by atoms with Gasteiger partial charge in [0.1, 0.15) is 0 Å².